The van der Waals surface area contributed by atoms with Crippen LogP contribution in [0, 0.1) is 32.9 Å². The summed E-state index contributed by atoms with van der Waals surface area (Å²) in [5, 5.41) is 3.58. The molecule has 51 heavy (non-hydrogen) atoms. The number of rotatable bonds is 4. The van der Waals surface area contributed by atoms with E-state index in [0.29, 0.717) is 11.5 Å². The molecule has 0 bridgehead atoms. The Morgan fingerprint density at radius 2 is 1.12 bits per heavy atom. The van der Waals surface area contributed by atoms with Gasteiger partial charge in [0.1, 0.15) is 0 Å². The van der Waals surface area contributed by atoms with E-state index in [1.54, 1.807) is 0 Å². The van der Waals surface area contributed by atoms with E-state index < -0.39 is 0 Å². The summed E-state index contributed by atoms with van der Waals surface area (Å²) in [5.74, 6) is 1.11. The zero-order valence-corrected chi connectivity index (χ0v) is 30.1. The van der Waals surface area contributed by atoms with Crippen LogP contribution in [0.2, 0.25) is 0 Å². The Bertz CT molecular complexity index is 2980. The molecule has 0 fully saturated rings. The van der Waals surface area contributed by atoms with E-state index in [9.17, 15) is 0 Å². The second-order valence-electron chi connectivity index (χ2n) is 12.8. The van der Waals surface area contributed by atoms with Crippen LogP contribution in [0.1, 0.15) is 16.7 Å². The standard InChI is InChI=1S/C43H28N6O.Pt/c1-25-19-26(2)39(27(3)20-25)36-24-49-38-12-8-18-45-41(38)32-16-14-30(22-34(32)43(49)47-36)50-29-13-15-31-33(21-29)42-46-35(28-9-5-4-6-10-28)23-48(42)37-11-7-17-44-40(31)37;/h4-20,23-24H,1-3H3;/q-2;+2. The maximum Gasteiger partial charge on any atom is 2.00 e. The molecule has 4 aromatic carbocycles. The average molecular weight is 840 g/mol. The fraction of sp³-hybridized carbons (Fsp3) is 0.0698. The zero-order chi connectivity index (χ0) is 33.5. The molecule has 0 saturated heterocycles. The van der Waals surface area contributed by atoms with Crippen LogP contribution in [-0.4, -0.2) is 28.7 Å². The Labute approximate surface area is 307 Å². The van der Waals surface area contributed by atoms with Crippen LogP contribution < -0.4 is 4.74 Å². The molecule has 0 spiro atoms. The third-order valence-electron chi connectivity index (χ3n) is 9.52. The zero-order valence-electron chi connectivity index (χ0n) is 27.9. The summed E-state index contributed by atoms with van der Waals surface area (Å²) in [6, 6.07) is 37.7. The number of aryl methyl sites for hydroxylation is 3. The smallest absolute Gasteiger partial charge is 0.497 e. The number of pyridine rings is 4. The largest absolute Gasteiger partial charge is 2.00 e. The number of hydrogen-bond donors (Lipinski definition) is 0. The number of fused-ring (bicyclic) bond motifs is 12. The summed E-state index contributed by atoms with van der Waals surface area (Å²) in [6.07, 6.45) is 7.82. The van der Waals surface area contributed by atoms with Crippen LogP contribution in [0.15, 0.2) is 116 Å². The molecule has 6 aromatic heterocycles. The van der Waals surface area contributed by atoms with E-state index in [0.717, 1.165) is 77.4 Å². The van der Waals surface area contributed by atoms with E-state index in [1.165, 1.54) is 16.7 Å². The quantitative estimate of drug-likeness (QED) is 0.130. The molecule has 246 valence electrons. The predicted molar refractivity (Wildman–Crippen MR) is 199 cm³/mol. The van der Waals surface area contributed by atoms with Crippen molar-refractivity contribution in [3.8, 4) is 34.0 Å². The van der Waals surface area contributed by atoms with Crippen molar-refractivity contribution in [2.75, 3.05) is 0 Å². The third-order valence-corrected chi connectivity index (χ3v) is 9.52. The van der Waals surface area contributed by atoms with Crippen molar-refractivity contribution in [1.82, 2.24) is 28.7 Å². The van der Waals surface area contributed by atoms with Gasteiger partial charge >= 0.3 is 21.1 Å². The van der Waals surface area contributed by atoms with Crippen molar-refractivity contribution in [3.05, 3.63) is 145 Å². The van der Waals surface area contributed by atoms with Gasteiger partial charge in [-0.15, -0.1) is 12.1 Å². The van der Waals surface area contributed by atoms with Gasteiger partial charge in [0.2, 0.25) is 0 Å². The number of imidazole rings is 2. The van der Waals surface area contributed by atoms with Gasteiger partial charge < -0.3 is 13.5 Å². The van der Waals surface area contributed by atoms with Gasteiger partial charge in [-0.2, -0.15) is 0 Å². The first-order chi connectivity index (χ1) is 24.5. The van der Waals surface area contributed by atoms with Crippen molar-refractivity contribution in [3.63, 3.8) is 0 Å². The van der Waals surface area contributed by atoms with E-state index in [-0.39, 0.29) is 21.1 Å². The van der Waals surface area contributed by atoms with Gasteiger partial charge in [-0.1, -0.05) is 93.8 Å². The van der Waals surface area contributed by atoms with Crippen molar-refractivity contribution in [1.29, 1.82) is 0 Å². The molecule has 0 atom stereocenters. The Morgan fingerprint density at radius 1 is 0.588 bits per heavy atom. The second-order valence-corrected chi connectivity index (χ2v) is 12.8. The van der Waals surface area contributed by atoms with Gasteiger partial charge in [0.05, 0.1) is 44.7 Å². The first-order valence-electron chi connectivity index (χ1n) is 16.6. The summed E-state index contributed by atoms with van der Waals surface area (Å²) in [4.78, 5) is 19.8. The second kappa shape index (κ2) is 11.9. The average Bonchev–Trinajstić information content (AvgIpc) is 3.78. The van der Waals surface area contributed by atoms with Crippen LogP contribution in [0.4, 0.5) is 0 Å². The molecule has 7 nitrogen and oxygen atoms in total. The van der Waals surface area contributed by atoms with Gasteiger partial charge in [-0.3, -0.25) is 19.9 Å². The first kappa shape index (κ1) is 31.1. The van der Waals surface area contributed by atoms with Crippen molar-refractivity contribution < 1.29 is 25.8 Å². The van der Waals surface area contributed by atoms with Crippen LogP contribution in [0.25, 0.3) is 77.4 Å². The molecule has 0 N–H and O–H groups in total. The van der Waals surface area contributed by atoms with E-state index >= 15 is 0 Å². The maximum absolute atomic E-state index is 6.52. The van der Waals surface area contributed by atoms with Gasteiger partial charge in [0.15, 0.2) is 0 Å². The summed E-state index contributed by atoms with van der Waals surface area (Å²) in [5.41, 5.74) is 12.9. The van der Waals surface area contributed by atoms with Gasteiger partial charge in [0.25, 0.3) is 0 Å². The third kappa shape index (κ3) is 4.91. The summed E-state index contributed by atoms with van der Waals surface area (Å²) < 4.78 is 10.7. The fourth-order valence-electron chi connectivity index (χ4n) is 7.46. The molecule has 10 aromatic rings. The van der Waals surface area contributed by atoms with E-state index in [4.69, 9.17) is 24.7 Å². The molecule has 0 aliphatic carbocycles. The summed E-state index contributed by atoms with van der Waals surface area (Å²) in [6.45, 7) is 6.42. The number of ether oxygens (including phenoxy) is 1. The molecule has 8 heteroatoms. The Hall–Kier alpha value is -5.91. The molecule has 10 rings (SSSR count). The molecule has 0 aliphatic rings. The summed E-state index contributed by atoms with van der Waals surface area (Å²) >= 11 is 0. The summed E-state index contributed by atoms with van der Waals surface area (Å²) in [7, 11) is 0. The Balaban J connectivity index is 0.00000348. The van der Waals surface area contributed by atoms with Gasteiger partial charge in [-0.25, -0.2) is 0 Å². The van der Waals surface area contributed by atoms with E-state index in [1.807, 2.05) is 67.0 Å². The molecule has 0 unspecified atom stereocenters. The van der Waals surface area contributed by atoms with Crippen LogP contribution in [-0.2, 0) is 21.1 Å². The van der Waals surface area contributed by atoms with E-state index in [2.05, 4.69) is 90.5 Å². The number of hydrogen-bond acceptors (Lipinski definition) is 5. The van der Waals surface area contributed by atoms with Crippen molar-refractivity contribution in [2.24, 2.45) is 0 Å². The van der Waals surface area contributed by atoms with Crippen LogP contribution >= 0.6 is 0 Å². The predicted octanol–water partition coefficient (Wildman–Crippen LogP) is 10.0. The molecule has 0 aliphatic heterocycles. The molecular formula is C43H28N6OPt. The van der Waals surface area contributed by atoms with Crippen molar-refractivity contribution >= 4 is 54.9 Å². The molecule has 0 amide bonds. The van der Waals surface area contributed by atoms with Crippen molar-refractivity contribution in [2.45, 2.75) is 20.8 Å². The number of aromatic nitrogens is 6. The monoisotopic (exact) mass is 839 g/mol. The molecule has 0 radical (unpaired) electrons. The molecule has 0 saturated carbocycles. The minimum atomic E-state index is 0. The Morgan fingerprint density at radius 3 is 1.69 bits per heavy atom. The molecule has 6 heterocycles. The maximum atomic E-state index is 6.52. The first-order valence-corrected chi connectivity index (χ1v) is 16.6. The van der Waals surface area contributed by atoms with Crippen LogP contribution in [0.3, 0.4) is 0 Å². The molecular weight excluding hydrogens is 812 g/mol. The SMILES string of the molecule is Cc1cc(C)c(-c2cn3c4cccnc4c4ccc(Oc5[c-]c6c(cc5)c5ncccc5n5cc(-c7ccccc7)nc65)[c-]c4c3n2)c(C)c1.[Pt+2]. The number of benzene rings is 4. The minimum Gasteiger partial charge on any atom is -0.497 e. The van der Waals surface area contributed by atoms with Gasteiger partial charge in [-0.05, 0) is 56.2 Å². The number of nitrogens with zero attached hydrogens (tertiary/aromatic N) is 6. The normalized spacial score (nSPS) is 11.7. The van der Waals surface area contributed by atoms with Gasteiger partial charge in [0, 0.05) is 47.4 Å². The minimum absolute atomic E-state index is 0. The Kier molecular flexibility index (Phi) is 7.23. The topological polar surface area (TPSA) is 69.6 Å². The fourth-order valence-corrected chi connectivity index (χ4v) is 7.46. The van der Waals surface area contributed by atoms with Crippen LogP contribution in [0.5, 0.6) is 11.5 Å².